The van der Waals surface area contributed by atoms with Crippen LogP contribution in [0.5, 0.6) is 5.75 Å². The molecule has 2 fully saturated rings. The van der Waals surface area contributed by atoms with Gasteiger partial charge in [0.15, 0.2) is 5.11 Å². The van der Waals surface area contributed by atoms with E-state index >= 15 is 0 Å². The van der Waals surface area contributed by atoms with Crippen molar-refractivity contribution in [1.82, 2.24) is 9.80 Å². The number of nitrogens with zero attached hydrogens (tertiary/aromatic N) is 3. The highest BCUT2D eigenvalue weighted by Gasteiger charge is 2.44. The maximum Gasteiger partial charge on any atom is 0.256 e. The summed E-state index contributed by atoms with van der Waals surface area (Å²) in [6.07, 6.45) is 2.19. The van der Waals surface area contributed by atoms with Crippen LogP contribution < -0.4 is 15.0 Å². The second-order valence-electron chi connectivity index (χ2n) is 9.27. The Labute approximate surface area is 221 Å². The highest BCUT2D eigenvalue weighted by atomic mass is 35.5. The van der Waals surface area contributed by atoms with Gasteiger partial charge in [-0.1, -0.05) is 18.5 Å². The summed E-state index contributed by atoms with van der Waals surface area (Å²) in [4.78, 5) is 32.1. The van der Waals surface area contributed by atoms with Gasteiger partial charge in [-0.15, -0.1) is 0 Å². The first-order chi connectivity index (χ1) is 17.3. The SMILES string of the molecule is COc1ccc(N2C(=O)[C@@H](CC(=O)Nc3ccc(F)cc3)N(CCN3CCC(C)CC3)C2=S)cc1Cl. The first-order valence-corrected chi connectivity index (χ1v) is 12.8. The summed E-state index contributed by atoms with van der Waals surface area (Å²) >= 11 is 12.1. The van der Waals surface area contributed by atoms with E-state index in [9.17, 15) is 14.0 Å². The van der Waals surface area contributed by atoms with E-state index in [0.29, 0.717) is 39.7 Å². The maximum absolute atomic E-state index is 13.6. The van der Waals surface area contributed by atoms with E-state index in [1.54, 1.807) is 18.2 Å². The van der Waals surface area contributed by atoms with Crippen molar-refractivity contribution in [3.63, 3.8) is 0 Å². The molecule has 0 unspecified atom stereocenters. The topological polar surface area (TPSA) is 65.1 Å². The van der Waals surface area contributed by atoms with Gasteiger partial charge in [-0.3, -0.25) is 14.5 Å². The van der Waals surface area contributed by atoms with Gasteiger partial charge >= 0.3 is 0 Å². The summed E-state index contributed by atoms with van der Waals surface area (Å²) in [6, 6.07) is 9.78. The lowest BCUT2D eigenvalue weighted by Gasteiger charge is -2.32. The minimum absolute atomic E-state index is 0.0895. The normalized spacial score (nSPS) is 19.2. The van der Waals surface area contributed by atoms with Crippen LogP contribution in [0, 0.1) is 11.7 Å². The van der Waals surface area contributed by atoms with Crippen molar-refractivity contribution in [2.24, 2.45) is 5.92 Å². The largest absolute Gasteiger partial charge is 0.495 e. The lowest BCUT2D eigenvalue weighted by Crippen LogP contribution is -2.44. The quantitative estimate of drug-likeness (QED) is 0.503. The van der Waals surface area contributed by atoms with Crippen LogP contribution >= 0.6 is 23.8 Å². The summed E-state index contributed by atoms with van der Waals surface area (Å²) in [7, 11) is 1.52. The number of methoxy groups -OCH3 is 1. The fraction of sp³-hybridized carbons (Fsp3) is 0.423. The number of thiocarbonyl (C=S) groups is 1. The third-order valence-corrected chi connectivity index (χ3v) is 7.46. The highest BCUT2D eigenvalue weighted by Crippen LogP contribution is 2.33. The van der Waals surface area contributed by atoms with E-state index in [0.717, 1.165) is 32.5 Å². The molecule has 4 rings (SSSR count). The number of rotatable bonds is 8. The Morgan fingerprint density at radius 3 is 2.50 bits per heavy atom. The van der Waals surface area contributed by atoms with Gasteiger partial charge in [0.1, 0.15) is 17.6 Å². The molecule has 10 heteroatoms. The minimum atomic E-state index is -0.762. The van der Waals surface area contributed by atoms with Crippen LogP contribution in [0.3, 0.4) is 0 Å². The predicted octanol–water partition coefficient (Wildman–Crippen LogP) is 4.55. The number of carbonyl (C=O) groups is 2. The number of ether oxygens (including phenoxy) is 1. The van der Waals surface area contributed by atoms with Crippen LogP contribution in [0.25, 0.3) is 0 Å². The molecule has 192 valence electrons. The lowest BCUT2D eigenvalue weighted by atomic mass is 9.99. The molecule has 0 aromatic heterocycles. The Morgan fingerprint density at radius 2 is 1.86 bits per heavy atom. The van der Waals surface area contributed by atoms with Crippen molar-refractivity contribution in [2.45, 2.75) is 32.2 Å². The molecule has 0 spiro atoms. The Morgan fingerprint density at radius 1 is 1.17 bits per heavy atom. The first-order valence-electron chi connectivity index (χ1n) is 12.0. The highest BCUT2D eigenvalue weighted by molar-refractivity contribution is 7.80. The van der Waals surface area contributed by atoms with Gasteiger partial charge in [-0.05, 0) is 86.5 Å². The molecule has 2 aliphatic heterocycles. The van der Waals surface area contributed by atoms with Gasteiger partial charge in [0, 0.05) is 18.8 Å². The predicted molar refractivity (Wildman–Crippen MR) is 143 cm³/mol. The number of hydrogen-bond donors (Lipinski definition) is 1. The molecule has 2 heterocycles. The summed E-state index contributed by atoms with van der Waals surface area (Å²) in [6.45, 7) is 5.53. The molecule has 2 amide bonds. The zero-order valence-electron chi connectivity index (χ0n) is 20.4. The van der Waals surface area contributed by atoms with Crippen LogP contribution in [-0.4, -0.2) is 66.1 Å². The molecule has 0 bridgehead atoms. The summed E-state index contributed by atoms with van der Waals surface area (Å²) < 4.78 is 18.5. The van der Waals surface area contributed by atoms with E-state index in [-0.39, 0.29) is 18.2 Å². The van der Waals surface area contributed by atoms with E-state index in [2.05, 4.69) is 17.1 Å². The number of likely N-dealkylation sites (tertiary alicyclic amines) is 1. The number of carbonyl (C=O) groups excluding carboxylic acids is 2. The fourth-order valence-electron chi connectivity index (χ4n) is 4.58. The van der Waals surface area contributed by atoms with Crippen LogP contribution in [0.15, 0.2) is 42.5 Å². The number of piperidine rings is 1. The van der Waals surface area contributed by atoms with Crippen LogP contribution in [-0.2, 0) is 9.59 Å². The molecular formula is C26H30ClFN4O3S. The standard InChI is InChI=1S/C26H30ClFN4O3S/c1-17-9-11-30(12-10-17)13-14-31-22(16-24(33)29-19-5-3-18(28)4-6-19)25(34)32(26(31)36)20-7-8-23(35-2)21(27)15-20/h3-8,15,17,22H,9-14,16H2,1-2H3,(H,29,33)/t22-/m1/s1. The average Bonchev–Trinajstić information content (AvgIpc) is 3.08. The number of nitrogens with one attached hydrogen (secondary N) is 1. The molecular weight excluding hydrogens is 503 g/mol. The maximum atomic E-state index is 13.6. The Bertz CT molecular complexity index is 1120. The average molecular weight is 533 g/mol. The summed E-state index contributed by atoms with van der Waals surface area (Å²) in [5.74, 6) is 0.173. The number of anilines is 2. The van der Waals surface area contributed by atoms with Crippen molar-refractivity contribution in [1.29, 1.82) is 0 Å². The fourth-order valence-corrected chi connectivity index (χ4v) is 5.24. The van der Waals surface area contributed by atoms with Gasteiger partial charge in [0.25, 0.3) is 5.91 Å². The van der Waals surface area contributed by atoms with Gasteiger partial charge in [0.2, 0.25) is 5.91 Å². The minimum Gasteiger partial charge on any atom is -0.495 e. The molecule has 2 aliphatic rings. The lowest BCUT2D eigenvalue weighted by molar-refractivity contribution is -0.124. The second kappa shape index (κ2) is 11.5. The second-order valence-corrected chi connectivity index (χ2v) is 10.0. The number of halogens is 2. The summed E-state index contributed by atoms with van der Waals surface area (Å²) in [5.41, 5.74) is 0.983. The molecule has 1 atom stereocenters. The zero-order chi connectivity index (χ0) is 25.8. The van der Waals surface area contributed by atoms with Gasteiger partial charge < -0.3 is 19.9 Å². The first kappa shape index (κ1) is 26.3. The Kier molecular flexibility index (Phi) is 8.43. The Balaban J connectivity index is 1.53. The van der Waals surface area contributed by atoms with Crippen molar-refractivity contribution in [3.8, 4) is 5.75 Å². The van der Waals surface area contributed by atoms with E-state index in [1.807, 2.05) is 4.90 Å². The molecule has 0 saturated carbocycles. The van der Waals surface area contributed by atoms with Crippen molar-refractivity contribution >= 4 is 52.1 Å². The molecule has 2 aromatic rings. The number of benzene rings is 2. The number of amides is 2. The van der Waals surface area contributed by atoms with Gasteiger partial charge in [-0.2, -0.15) is 0 Å². The molecule has 1 N–H and O–H groups in total. The molecule has 7 nitrogen and oxygen atoms in total. The van der Waals surface area contributed by atoms with E-state index in [4.69, 9.17) is 28.6 Å². The van der Waals surface area contributed by atoms with Crippen LogP contribution in [0.1, 0.15) is 26.2 Å². The monoisotopic (exact) mass is 532 g/mol. The smallest absolute Gasteiger partial charge is 0.256 e. The third kappa shape index (κ3) is 5.96. The van der Waals surface area contributed by atoms with Gasteiger partial charge in [-0.25, -0.2) is 4.39 Å². The molecule has 2 aromatic carbocycles. The van der Waals surface area contributed by atoms with Gasteiger partial charge in [0.05, 0.1) is 24.2 Å². The molecule has 0 radical (unpaired) electrons. The third-order valence-electron chi connectivity index (χ3n) is 6.75. The summed E-state index contributed by atoms with van der Waals surface area (Å²) in [5, 5.41) is 3.44. The van der Waals surface area contributed by atoms with Crippen LogP contribution in [0.4, 0.5) is 15.8 Å². The zero-order valence-corrected chi connectivity index (χ0v) is 21.9. The van der Waals surface area contributed by atoms with Crippen molar-refractivity contribution in [3.05, 3.63) is 53.3 Å². The van der Waals surface area contributed by atoms with E-state index in [1.165, 1.54) is 36.3 Å². The number of hydrogen-bond acceptors (Lipinski definition) is 5. The van der Waals surface area contributed by atoms with Crippen molar-refractivity contribution < 1.29 is 18.7 Å². The van der Waals surface area contributed by atoms with Crippen LogP contribution in [0.2, 0.25) is 5.02 Å². The molecule has 0 aliphatic carbocycles. The molecule has 2 saturated heterocycles. The van der Waals surface area contributed by atoms with Crippen molar-refractivity contribution in [2.75, 3.05) is 43.5 Å². The van der Waals surface area contributed by atoms with E-state index < -0.39 is 11.9 Å². The molecule has 36 heavy (non-hydrogen) atoms. The Hall–Kier alpha value is -2.75.